The van der Waals surface area contributed by atoms with Gasteiger partial charge in [0.25, 0.3) is 21.6 Å². The molecule has 2 aromatic heterocycles. The number of benzene rings is 3. The van der Waals surface area contributed by atoms with E-state index < -0.39 is 42.8 Å². The Morgan fingerprint density at radius 1 is 0.970 bits per heavy atom. The molecule has 1 amide bonds. The number of nitro benzene ring substituents is 1. The Balaban J connectivity index is 0.934. The van der Waals surface area contributed by atoms with Crippen molar-refractivity contribution in [3.8, 4) is 5.88 Å². The van der Waals surface area contributed by atoms with Crippen molar-refractivity contribution < 1.29 is 36.7 Å². The summed E-state index contributed by atoms with van der Waals surface area (Å²) in [6, 6.07) is 18.1. The summed E-state index contributed by atoms with van der Waals surface area (Å²) in [5.74, 6) is -1.91. The first-order valence-corrected chi connectivity index (χ1v) is 24.7. The van der Waals surface area contributed by atoms with Crippen LogP contribution in [0.5, 0.6) is 5.88 Å². The van der Waals surface area contributed by atoms with E-state index in [9.17, 15) is 23.3 Å². The molecule has 1 spiro atoms. The molecule has 5 aliphatic rings. The van der Waals surface area contributed by atoms with Crippen molar-refractivity contribution in [2.24, 2.45) is 5.41 Å². The van der Waals surface area contributed by atoms with Gasteiger partial charge in [0.1, 0.15) is 22.8 Å². The maximum atomic E-state index is 17.0. The second-order valence-electron chi connectivity index (χ2n) is 18.1. The van der Waals surface area contributed by atoms with E-state index >= 15 is 4.39 Å². The number of allylic oxidation sites excluding steroid dienone is 1. The fourth-order valence-corrected chi connectivity index (χ4v) is 11.2. The number of piperazine rings is 1. The van der Waals surface area contributed by atoms with E-state index in [1.54, 1.807) is 17.2 Å². The highest BCUT2D eigenvalue weighted by Gasteiger charge is 2.41. The van der Waals surface area contributed by atoms with E-state index in [2.05, 4.69) is 37.2 Å². The van der Waals surface area contributed by atoms with Gasteiger partial charge in [-0.2, -0.15) is 4.98 Å². The number of hydrogen-bond acceptors (Lipinski definition) is 13. The summed E-state index contributed by atoms with van der Waals surface area (Å²) in [6.45, 7) is 5.35. The van der Waals surface area contributed by atoms with E-state index in [0.29, 0.717) is 74.9 Å². The number of nitrogens with zero attached hydrogens (tertiary/aromatic N) is 5. The molecule has 1 atom stereocenters. The molecule has 16 nitrogen and oxygen atoms in total. The Hall–Kier alpha value is -5.79. The summed E-state index contributed by atoms with van der Waals surface area (Å²) in [6.07, 6.45) is 9.05. The minimum atomic E-state index is -4.78. The van der Waals surface area contributed by atoms with Crippen LogP contribution < -0.4 is 24.6 Å². The van der Waals surface area contributed by atoms with Gasteiger partial charge in [-0.3, -0.25) is 19.8 Å². The molecule has 3 aliphatic heterocycles. The number of fused-ring (bicyclic) bond motifs is 2. The summed E-state index contributed by atoms with van der Waals surface area (Å²) in [7, 11) is -4.78. The van der Waals surface area contributed by atoms with Crippen LogP contribution in [-0.4, -0.2) is 112 Å². The number of nitrogens with one attached hydrogen (secondary N) is 3. The van der Waals surface area contributed by atoms with Gasteiger partial charge in [-0.25, -0.2) is 17.5 Å². The average Bonchev–Trinajstić information content (AvgIpc) is 3.68. The zero-order valence-corrected chi connectivity index (χ0v) is 38.5. The number of hydrogen-bond donors (Lipinski definition) is 3. The first kappa shape index (κ1) is 45.0. The van der Waals surface area contributed by atoms with Crippen molar-refractivity contribution in [3.05, 3.63) is 111 Å². The summed E-state index contributed by atoms with van der Waals surface area (Å²) in [4.78, 5) is 39.3. The van der Waals surface area contributed by atoms with Gasteiger partial charge in [0, 0.05) is 74.2 Å². The van der Waals surface area contributed by atoms with Crippen LogP contribution >= 0.6 is 11.6 Å². The molecule has 3 aromatic carbocycles. The van der Waals surface area contributed by atoms with Crippen LogP contribution in [-0.2, 0) is 19.5 Å². The van der Waals surface area contributed by atoms with Crippen LogP contribution in [0, 0.1) is 21.3 Å². The molecular weight excluding hydrogens is 903 g/mol. The normalized spacial score (nSPS) is 19.9. The number of amides is 1. The number of carbonyl (C=O) groups is 1. The molecule has 0 bridgehead atoms. The molecule has 3 fully saturated rings. The molecule has 0 radical (unpaired) electrons. The van der Waals surface area contributed by atoms with Gasteiger partial charge in [0.2, 0.25) is 5.88 Å². The molecule has 1 saturated carbocycles. The third-order valence-electron chi connectivity index (χ3n) is 13.9. The van der Waals surface area contributed by atoms with E-state index in [-0.39, 0.29) is 29.9 Å². The predicted molar refractivity (Wildman–Crippen MR) is 254 cm³/mol. The van der Waals surface area contributed by atoms with Crippen molar-refractivity contribution in [3.63, 3.8) is 0 Å². The van der Waals surface area contributed by atoms with Gasteiger partial charge >= 0.3 is 0 Å². The van der Waals surface area contributed by atoms with E-state index in [4.69, 9.17) is 25.8 Å². The minimum absolute atomic E-state index is 0.0528. The largest absolute Gasteiger partial charge is 0.476 e. The number of ether oxygens (including phenoxy) is 3. The number of aromatic nitrogens is 2. The Bertz CT molecular complexity index is 2840. The van der Waals surface area contributed by atoms with Gasteiger partial charge in [-0.1, -0.05) is 35.7 Å². The molecule has 5 aromatic rings. The molecule has 67 heavy (non-hydrogen) atoms. The van der Waals surface area contributed by atoms with E-state index in [1.165, 1.54) is 54.5 Å². The molecular formula is C48H52ClFN8O8S. The smallest absolute Gasteiger partial charge is 0.293 e. The monoisotopic (exact) mass is 954 g/mol. The zero-order chi connectivity index (χ0) is 46.3. The highest BCUT2D eigenvalue weighted by Crippen LogP contribution is 2.55. The van der Waals surface area contributed by atoms with Crippen molar-refractivity contribution in [2.75, 3.05) is 87.4 Å². The molecule has 2 saturated heterocycles. The van der Waals surface area contributed by atoms with E-state index in [1.807, 2.05) is 29.0 Å². The van der Waals surface area contributed by atoms with Crippen LogP contribution in [0.2, 0.25) is 5.02 Å². The summed E-state index contributed by atoms with van der Waals surface area (Å²) < 4.78 is 63.9. The predicted octanol–water partition coefficient (Wildman–Crippen LogP) is 8.06. The highest BCUT2D eigenvalue weighted by atomic mass is 35.5. The minimum Gasteiger partial charge on any atom is -0.476 e. The Kier molecular flexibility index (Phi) is 12.6. The maximum Gasteiger partial charge on any atom is 0.293 e. The van der Waals surface area contributed by atoms with Crippen LogP contribution in [0.15, 0.2) is 83.4 Å². The van der Waals surface area contributed by atoms with Crippen molar-refractivity contribution in [2.45, 2.75) is 55.9 Å². The first-order valence-electron chi connectivity index (χ1n) is 22.9. The third kappa shape index (κ3) is 9.41. The van der Waals surface area contributed by atoms with Gasteiger partial charge < -0.3 is 34.3 Å². The Labute approximate surface area is 392 Å². The van der Waals surface area contributed by atoms with Crippen LogP contribution in [0.3, 0.4) is 0 Å². The first-order chi connectivity index (χ1) is 32.4. The standard InChI is InChI=1S/C48H52ClFN8O8S/c49-34-5-3-31(4-6-34)38-27-48(11-1-12-48)13-9-33(38)29-55-16-18-56(19-17-55)35-24-39(50)44(42(25-35)57-15-2-20-66-47-43(57)23-32-10-14-51-45(32)53-47)46(59)54-67(62,63)37-7-8-40(41(26-37)58(60)61)52-28-36-30-64-21-22-65-36/h3-8,10,14,23-26,36,52H,1-2,9,11-13,15-22,27-30H2,(H,51,53)(H,54,59)/t36-/m0/s1. The molecule has 352 valence electrons. The van der Waals surface area contributed by atoms with Crippen LogP contribution in [0.25, 0.3) is 16.6 Å². The van der Waals surface area contributed by atoms with E-state index in [0.717, 1.165) is 55.0 Å². The summed E-state index contributed by atoms with van der Waals surface area (Å²) in [5, 5.41) is 16.6. The lowest BCUT2D eigenvalue weighted by molar-refractivity contribution is -0.384. The fraction of sp³-hybridized carbons (Fsp3) is 0.417. The highest BCUT2D eigenvalue weighted by molar-refractivity contribution is 7.90. The number of pyridine rings is 1. The number of H-pyrrole nitrogens is 1. The lowest BCUT2D eigenvalue weighted by Gasteiger charge is -2.47. The number of sulfonamides is 1. The number of nitro groups is 1. The lowest BCUT2D eigenvalue weighted by Crippen LogP contribution is -2.47. The van der Waals surface area contributed by atoms with Crippen molar-refractivity contribution in [1.82, 2.24) is 19.6 Å². The summed E-state index contributed by atoms with van der Waals surface area (Å²) >= 11 is 6.29. The average molecular weight is 956 g/mol. The van der Waals surface area contributed by atoms with Crippen LogP contribution in [0.4, 0.5) is 32.8 Å². The van der Waals surface area contributed by atoms with Gasteiger partial charge in [0.15, 0.2) is 0 Å². The Morgan fingerprint density at radius 2 is 1.79 bits per heavy atom. The topological polar surface area (TPSA) is 185 Å². The quantitative estimate of drug-likeness (QED) is 0.0807. The zero-order valence-electron chi connectivity index (χ0n) is 36.9. The van der Waals surface area contributed by atoms with Gasteiger partial charge in [-0.15, -0.1) is 0 Å². The second-order valence-corrected chi connectivity index (χ2v) is 20.2. The molecule has 2 aliphatic carbocycles. The third-order valence-corrected chi connectivity index (χ3v) is 15.5. The molecule has 0 unspecified atom stereocenters. The Morgan fingerprint density at radius 3 is 2.54 bits per heavy atom. The number of rotatable bonds is 12. The SMILES string of the molecule is O=C(NS(=O)(=O)c1ccc(NC[C@H]2COCCO2)c([N+](=O)[O-])c1)c1c(F)cc(N2CCN(CC3=C(c4ccc(Cl)cc4)CC4(CCC4)CC3)CC2)cc1N1CCCOc2nc3[nH]ccc3cc21. The second kappa shape index (κ2) is 18.7. The number of carbonyl (C=O) groups excluding carboxylic acids is 1. The van der Waals surface area contributed by atoms with Crippen molar-refractivity contribution in [1.29, 1.82) is 0 Å². The molecule has 5 heterocycles. The number of anilines is 4. The van der Waals surface area contributed by atoms with Gasteiger partial charge in [0.05, 0.1) is 53.6 Å². The summed E-state index contributed by atoms with van der Waals surface area (Å²) in [5.41, 5.74) is 5.26. The number of halogens is 2. The molecule has 10 rings (SSSR count). The fourth-order valence-electron chi connectivity index (χ4n) is 10.1. The molecule has 19 heteroatoms. The van der Waals surface area contributed by atoms with Crippen molar-refractivity contribution >= 4 is 72.6 Å². The molecule has 3 N–H and O–H groups in total. The number of aromatic amines is 1. The van der Waals surface area contributed by atoms with Gasteiger partial charge in [-0.05, 0) is 104 Å². The maximum absolute atomic E-state index is 17.0. The van der Waals surface area contributed by atoms with Crippen LogP contribution in [0.1, 0.15) is 60.9 Å². The lowest BCUT2D eigenvalue weighted by atomic mass is 9.59.